The molecule has 5 aliphatic heterocycles. The summed E-state index contributed by atoms with van der Waals surface area (Å²) in [6.45, 7) is 35.5. The van der Waals surface area contributed by atoms with Crippen molar-refractivity contribution in [2.24, 2.45) is 29.2 Å². The van der Waals surface area contributed by atoms with Gasteiger partial charge in [0.2, 0.25) is 5.91 Å². The molecule has 6 amide bonds. The number of hydrogen-bond donors (Lipinski definition) is 4. The fourth-order valence-corrected chi connectivity index (χ4v) is 12.2. The molecule has 0 aromatic carbocycles. The lowest BCUT2D eigenvalue weighted by molar-refractivity contribution is -0.144. The first-order valence-corrected chi connectivity index (χ1v) is 34.5. The quantitative estimate of drug-likeness (QED) is 0.0975. The number of esters is 1. The molecule has 532 valence electrons. The van der Waals surface area contributed by atoms with E-state index < -0.39 is 52.0 Å². The van der Waals surface area contributed by atoms with E-state index in [9.17, 15) is 43.2 Å². The van der Waals surface area contributed by atoms with Gasteiger partial charge in [-0.05, 0) is 175 Å². The van der Waals surface area contributed by atoms with Gasteiger partial charge in [0, 0.05) is 94.0 Å². The van der Waals surface area contributed by atoms with Crippen molar-refractivity contribution >= 4 is 94.2 Å². The normalized spacial score (nSPS) is 20.2. The summed E-state index contributed by atoms with van der Waals surface area (Å²) in [6, 6.07) is 0. The zero-order valence-corrected chi connectivity index (χ0v) is 60.8. The van der Waals surface area contributed by atoms with Gasteiger partial charge in [-0.15, -0.1) is 22.7 Å². The Balaban J connectivity index is 0.000000310. The number of carbonyl (C=O) groups excluding carboxylic acids is 7. The number of thiocarbonyl (C=S) groups is 1. The fourth-order valence-electron chi connectivity index (χ4n) is 10.1. The largest absolute Gasteiger partial charge is 0.481 e. The van der Waals surface area contributed by atoms with E-state index >= 15 is 0 Å². The molecule has 7 heterocycles. The van der Waals surface area contributed by atoms with Gasteiger partial charge in [-0.1, -0.05) is 12.2 Å². The highest BCUT2D eigenvalue weighted by atomic mass is 32.1. The number of aliphatic carboxylic acids is 2. The van der Waals surface area contributed by atoms with Crippen LogP contribution in [0.15, 0.2) is 10.8 Å². The number of hydrogen-bond acceptors (Lipinski definition) is 20. The standard InChI is InChI=1S/C17H26N2O4S.C15H22N2O4S.C11H20N2O3.C11H20N2O2S.C11H19NO4/c1-5-22-14(20)9-13-11-24-15(18-13)12-7-6-8-19(10-12)16(21)23-17(2,3)4;1-15(2,3)21-14(20)17-6-4-5-10(8-17)13-16-11(9-22-13)7-12(18)19;1-11(2,3)16-10(15)13-6-4-5-8(7-13)9(12)14;1-11(2,3)15-10(14)13-6-4-5-8(7-13)9(12)16;1-11(2,3)16-10(15)12-6-4-5-8(7-12)9(13)14/h11-12H,5-10H2,1-4H3;9-10H,4-8H2,1-3H3,(H,18,19);8H,4-7H2,1-3H3,(H2,12,14);8H,4-7H2,1-3H3,(H2,12,16);8H,4-7H2,1-3H3,(H,13,14)/t12-;10-;3*8-/m11111/s1. The minimum absolute atomic E-state index is 0.0565. The lowest BCUT2D eigenvalue weighted by Gasteiger charge is -2.33. The van der Waals surface area contributed by atoms with Crippen LogP contribution in [0.1, 0.15) is 208 Å². The molecule has 0 saturated carbocycles. The molecule has 7 rings (SSSR count). The number of likely N-dealkylation sites (tertiary alicyclic amines) is 5. The highest BCUT2D eigenvalue weighted by Gasteiger charge is 2.35. The molecular weight excluding hydrogens is 1270 g/mol. The molecule has 2 aromatic rings. The monoisotopic (exact) mass is 1380 g/mol. The summed E-state index contributed by atoms with van der Waals surface area (Å²) in [5.74, 6) is -2.51. The van der Waals surface area contributed by atoms with Crippen molar-refractivity contribution in [3.05, 3.63) is 32.2 Å². The van der Waals surface area contributed by atoms with Gasteiger partial charge in [0.05, 0.1) is 57.7 Å². The van der Waals surface area contributed by atoms with E-state index in [1.165, 1.54) is 16.2 Å². The molecule has 0 radical (unpaired) electrons. The van der Waals surface area contributed by atoms with Gasteiger partial charge in [-0.3, -0.25) is 19.2 Å². The van der Waals surface area contributed by atoms with E-state index in [2.05, 4.69) is 9.97 Å². The SMILES string of the molecule is CC(C)(C)OC(=O)N1CCC[C@@H](C(=O)O)C1.CC(C)(C)OC(=O)N1CCC[C@@H](C(N)=O)C1.CC(C)(C)OC(=O)N1CCC[C@@H](C(N)=S)C1.CC(C)(C)OC(=O)N1CCC[C@@H](c2nc(CC(=O)O)cs2)C1.CCOC(=O)Cc1csc([C@@H]2CCCN(C(=O)OC(C)(C)C)C2)n1. The van der Waals surface area contributed by atoms with Gasteiger partial charge in [0.15, 0.2) is 0 Å². The number of rotatable bonds is 10. The van der Waals surface area contributed by atoms with E-state index in [1.54, 1.807) is 64.0 Å². The molecular formula is C65H107N9O17S3. The number of nitrogens with two attached hydrogens (primary N) is 2. The number of carboxylic acids is 2. The van der Waals surface area contributed by atoms with Crippen LogP contribution in [-0.4, -0.2) is 204 Å². The number of nitrogens with zero attached hydrogens (tertiary/aromatic N) is 7. The second kappa shape index (κ2) is 37.0. The number of carboxylic acid groups (broad SMARTS) is 2. The van der Waals surface area contributed by atoms with E-state index in [-0.39, 0.29) is 79.3 Å². The Bertz CT molecular complexity index is 2700. The summed E-state index contributed by atoms with van der Waals surface area (Å²) in [5.41, 5.74) is 9.70. The van der Waals surface area contributed by atoms with Crippen LogP contribution in [-0.2, 0) is 60.4 Å². The third kappa shape index (κ3) is 32.2. The number of carbonyl (C=O) groups is 9. The second-order valence-corrected chi connectivity index (χ2v) is 31.1. The van der Waals surface area contributed by atoms with E-state index in [0.717, 1.165) is 80.0 Å². The maximum Gasteiger partial charge on any atom is 0.410 e. The van der Waals surface area contributed by atoms with Crippen LogP contribution >= 0.6 is 34.9 Å². The highest BCUT2D eigenvalue weighted by molar-refractivity contribution is 7.80. The summed E-state index contributed by atoms with van der Waals surface area (Å²) in [7, 11) is 0. The molecule has 0 bridgehead atoms. The number of piperidine rings is 5. The Kier molecular flexibility index (Phi) is 32.2. The molecule has 0 unspecified atom stereocenters. The van der Waals surface area contributed by atoms with Crippen LogP contribution in [0.25, 0.3) is 0 Å². The molecule has 5 saturated heterocycles. The summed E-state index contributed by atoms with van der Waals surface area (Å²) < 4.78 is 31.6. The fraction of sp³-hybridized carbons (Fsp3) is 0.754. The summed E-state index contributed by atoms with van der Waals surface area (Å²) in [6.07, 6.45) is 7.12. The van der Waals surface area contributed by atoms with Gasteiger partial charge < -0.3 is 74.6 Å². The van der Waals surface area contributed by atoms with Gasteiger partial charge in [0.25, 0.3) is 0 Å². The molecule has 2 aromatic heterocycles. The number of aromatic nitrogens is 2. The lowest BCUT2D eigenvalue weighted by Crippen LogP contribution is -2.45. The number of thiazole rings is 2. The van der Waals surface area contributed by atoms with Crippen LogP contribution in [0.2, 0.25) is 0 Å². The maximum atomic E-state index is 12.2. The molecule has 5 atom stereocenters. The van der Waals surface area contributed by atoms with Gasteiger partial charge in [-0.2, -0.15) is 0 Å². The zero-order valence-electron chi connectivity index (χ0n) is 58.3. The second-order valence-electron chi connectivity index (χ2n) is 28.9. The molecule has 94 heavy (non-hydrogen) atoms. The minimum Gasteiger partial charge on any atom is -0.481 e. The van der Waals surface area contributed by atoms with Crippen molar-refractivity contribution in [3.63, 3.8) is 0 Å². The third-order valence-electron chi connectivity index (χ3n) is 14.3. The number of amides is 6. The highest BCUT2D eigenvalue weighted by Crippen LogP contribution is 2.32. The third-order valence-corrected chi connectivity index (χ3v) is 16.8. The first-order valence-electron chi connectivity index (χ1n) is 32.4. The summed E-state index contributed by atoms with van der Waals surface area (Å²) in [4.78, 5) is 121. The minimum atomic E-state index is -0.879. The van der Waals surface area contributed by atoms with Crippen molar-refractivity contribution < 1.29 is 81.8 Å². The Morgan fingerprint density at radius 2 is 0.777 bits per heavy atom. The molecule has 29 heteroatoms. The smallest absolute Gasteiger partial charge is 0.410 e. The molecule has 5 fully saturated rings. The Morgan fingerprint density at radius 3 is 1.09 bits per heavy atom. The van der Waals surface area contributed by atoms with Crippen LogP contribution in [0, 0.1) is 17.8 Å². The first-order chi connectivity index (χ1) is 43.4. The zero-order chi connectivity index (χ0) is 71.1. The molecule has 5 aliphatic rings. The molecule has 0 spiro atoms. The predicted octanol–water partition coefficient (Wildman–Crippen LogP) is 11.0. The Morgan fingerprint density at radius 1 is 0.479 bits per heavy atom. The maximum absolute atomic E-state index is 12.2. The number of primary amides is 1. The van der Waals surface area contributed by atoms with Gasteiger partial charge in [-0.25, -0.2) is 33.9 Å². The molecule has 26 nitrogen and oxygen atoms in total. The average molecular weight is 1380 g/mol. The van der Waals surface area contributed by atoms with Crippen LogP contribution in [0.5, 0.6) is 0 Å². The van der Waals surface area contributed by atoms with E-state index in [1.807, 2.05) is 88.5 Å². The predicted molar refractivity (Wildman–Crippen MR) is 361 cm³/mol. The first kappa shape index (κ1) is 81.6. The Labute approximate surface area is 568 Å². The van der Waals surface area contributed by atoms with Crippen molar-refractivity contribution in [1.29, 1.82) is 0 Å². The molecule has 6 N–H and O–H groups in total. The summed E-state index contributed by atoms with van der Waals surface area (Å²) >= 11 is 7.98. The van der Waals surface area contributed by atoms with Crippen LogP contribution in [0.4, 0.5) is 24.0 Å². The number of ether oxygens (including phenoxy) is 6. The van der Waals surface area contributed by atoms with E-state index in [0.29, 0.717) is 76.1 Å². The van der Waals surface area contributed by atoms with Gasteiger partial charge in [0.1, 0.15) is 28.0 Å². The van der Waals surface area contributed by atoms with Crippen molar-refractivity contribution in [2.45, 2.75) is 228 Å². The lowest BCUT2D eigenvalue weighted by atomic mass is 9.98. The van der Waals surface area contributed by atoms with Crippen molar-refractivity contribution in [1.82, 2.24) is 34.5 Å². The topological polar surface area (TPSA) is 343 Å². The average Bonchev–Trinajstić information content (AvgIpc) is 1.56. The van der Waals surface area contributed by atoms with Crippen molar-refractivity contribution in [2.75, 3.05) is 72.1 Å². The van der Waals surface area contributed by atoms with Gasteiger partial charge >= 0.3 is 48.4 Å². The Hall–Kier alpha value is -6.62. The van der Waals surface area contributed by atoms with Crippen LogP contribution in [0.3, 0.4) is 0 Å². The summed E-state index contributed by atoms with van der Waals surface area (Å²) in [5, 5.41) is 23.3. The van der Waals surface area contributed by atoms with Crippen molar-refractivity contribution in [3.8, 4) is 0 Å². The van der Waals surface area contributed by atoms with E-state index in [4.69, 9.17) is 62.3 Å². The molecule has 0 aliphatic carbocycles. The van der Waals surface area contributed by atoms with Crippen LogP contribution < -0.4 is 11.5 Å².